The van der Waals surface area contributed by atoms with Crippen molar-refractivity contribution in [3.05, 3.63) is 0 Å². The molecule has 0 aliphatic carbocycles. The first kappa shape index (κ1) is 14.4. The third-order valence-corrected chi connectivity index (χ3v) is 2.21. The van der Waals surface area contributed by atoms with E-state index in [-0.39, 0.29) is 22.9 Å². The van der Waals surface area contributed by atoms with Crippen molar-refractivity contribution in [1.82, 2.24) is 5.32 Å². The highest BCUT2D eigenvalue weighted by Gasteiger charge is 2.28. The summed E-state index contributed by atoms with van der Waals surface area (Å²) in [5.41, 5.74) is 5.68. The van der Waals surface area contributed by atoms with Crippen LogP contribution in [0.1, 0.15) is 54.4 Å². The Hall–Kier alpha value is -0.570. The zero-order valence-electron chi connectivity index (χ0n) is 11.0. The normalized spacial score (nSPS) is 14.9. The van der Waals surface area contributed by atoms with Gasteiger partial charge in [0.1, 0.15) is 0 Å². The third kappa shape index (κ3) is 6.50. The van der Waals surface area contributed by atoms with Gasteiger partial charge in [0.05, 0.1) is 6.04 Å². The van der Waals surface area contributed by atoms with Crippen molar-refractivity contribution in [2.75, 3.05) is 0 Å². The molecule has 0 aromatic rings. The summed E-state index contributed by atoms with van der Waals surface area (Å²) in [6, 6.07) is -0.385. The molecule has 3 heteroatoms. The van der Waals surface area contributed by atoms with E-state index in [2.05, 4.69) is 26.1 Å². The van der Waals surface area contributed by atoms with Crippen LogP contribution in [0, 0.1) is 5.41 Å². The van der Waals surface area contributed by atoms with Gasteiger partial charge in [0.15, 0.2) is 0 Å². The van der Waals surface area contributed by atoms with Crippen molar-refractivity contribution >= 4 is 5.91 Å². The van der Waals surface area contributed by atoms with Crippen LogP contribution in [0.3, 0.4) is 0 Å². The molecule has 0 aliphatic heterocycles. The number of carbonyl (C=O) groups excluding carboxylic acids is 1. The number of carbonyl (C=O) groups is 1. The van der Waals surface area contributed by atoms with Gasteiger partial charge in [-0.15, -0.1) is 0 Å². The summed E-state index contributed by atoms with van der Waals surface area (Å²) in [5.74, 6) is -0.0493. The number of nitrogens with two attached hydrogens (primary N) is 1. The lowest BCUT2D eigenvalue weighted by Gasteiger charge is -2.34. The summed E-state index contributed by atoms with van der Waals surface area (Å²) in [4.78, 5) is 11.6. The largest absolute Gasteiger partial charge is 0.350 e. The highest BCUT2D eigenvalue weighted by molar-refractivity contribution is 5.82. The molecule has 0 aromatic heterocycles. The van der Waals surface area contributed by atoms with E-state index in [4.69, 9.17) is 5.73 Å². The molecule has 0 aliphatic rings. The van der Waals surface area contributed by atoms with Gasteiger partial charge in [0.25, 0.3) is 0 Å². The standard InChI is InChI=1S/C12H26N2O/c1-7-9(13)10(15)14-12(5,6)8-11(2,3)4/h9H,7-8,13H2,1-6H3,(H,14,15). The molecular weight excluding hydrogens is 188 g/mol. The lowest BCUT2D eigenvalue weighted by molar-refractivity contribution is -0.124. The van der Waals surface area contributed by atoms with Crippen LogP contribution in [0.4, 0.5) is 0 Å². The van der Waals surface area contributed by atoms with E-state index < -0.39 is 0 Å². The van der Waals surface area contributed by atoms with E-state index in [1.165, 1.54) is 0 Å². The van der Waals surface area contributed by atoms with Gasteiger partial charge in [0.2, 0.25) is 5.91 Å². The molecule has 0 saturated heterocycles. The average molecular weight is 214 g/mol. The highest BCUT2D eigenvalue weighted by Crippen LogP contribution is 2.26. The van der Waals surface area contributed by atoms with Crippen LogP contribution < -0.4 is 11.1 Å². The monoisotopic (exact) mass is 214 g/mol. The second-order valence-corrected chi connectivity index (χ2v) is 6.13. The van der Waals surface area contributed by atoms with E-state index in [0.29, 0.717) is 6.42 Å². The number of hydrogen-bond acceptors (Lipinski definition) is 2. The molecule has 0 saturated carbocycles. The first-order chi connectivity index (χ1) is 6.57. The summed E-state index contributed by atoms with van der Waals surface area (Å²) in [5, 5.41) is 3.00. The van der Waals surface area contributed by atoms with Gasteiger partial charge >= 0.3 is 0 Å². The van der Waals surface area contributed by atoms with Crippen molar-refractivity contribution < 1.29 is 4.79 Å². The summed E-state index contributed by atoms with van der Waals surface area (Å²) in [7, 11) is 0. The zero-order valence-corrected chi connectivity index (χ0v) is 11.0. The SMILES string of the molecule is CCC(N)C(=O)NC(C)(C)CC(C)(C)C. The molecule has 3 N–H and O–H groups in total. The van der Waals surface area contributed by atoms with E-state index >= 15 is 0 Å². The van der Waals surface area contributed by atoms with Crippen LogP contribution in [-0.2, 0) is 4.79 Å². The molecule has 15 heavy (non-hydrogen) atoms. The van der Waals surface area contributed by atoms with Crippen LogP contribution in [0.15, 0.2) is 0 Å². The molecule has 1 amide bonds. The zero-order chi connectivity index (χ0) is 12.3. The van der Waals surface area contributed by atoms with E-state index in [1.807, 2.05) is 20.8 Å². The van der Waals surface area contributed by atoms with Gasteiger partial charge in [-0.05, 0) is 32.1 Å². The maximum absolute atomic E-state index is 11.6. The maximum Gasteiger partial charge on any atom is 0.237 e. The summed E-state index contributed by atoms with van der Waals surface area (Å²) in [6.07, 6.45) is 1.61. The minimum Gasteiger partial charge on any atom is -0.350 e. The molecule has 0 heterocycles. The molecular formula is C12H26N2O. The Morgan fingerprint density at radius 2 is 1.73 bits per heavy atom. The Kier molecular flexibility index (Phi) is 4.78. The Bertz CT molecular complexity index is 216. The molecule has 1 unspecified atom stereocenters. The Morgan fingerprint density at radius 3 is 2.07 bits per heavy atom. The fraction of sp³-hybridized carbons (Fsp3) is 0.917. The minimum atomic E-state index is -0.385. The highest BCUT2D eigenvalue weighted by atomic mass is 16.2. The first-order valence-electron chi connectivity index (χ1n) is 5.65. The van der Waals surface area contributed by atoms with Crippen LogP contribution in [0.25, 0.3) is 0 Å². The Morgan fingerprint density at radius 1 is 1.27 bits per heavy atom. The third-order valence-electron chi connectivity index (χ3n) is 2.21. The Balaban J connectivity index is 4.32. The van der Waals surface area contributed by atoms with Gasteiger partial charge in [-0.3, -0.25) is 4.79 Å². The van der Waals surface area contributed by atoms with Gasteiger partial charge in [0, 0.05) is 5.54 Å². The van der Waals surface area contributed by atoms with Crippen molar-refractivity contribution in [3.63, 3.8) is 0 Å². The van der Waals surface area contributed by atoms with Crippen LogP contribution in [-0.4, -0.2) is 17.5 Å². The van der Waals surface area contributed by atoms with Crippen LogP contribution in [0.5, 0.6) is 0 Å². The van der Waals surface area contributed by atoms with E-state index in [1.54, 1.807) is 0 Å². The minimum absolute atomic E-state index is 0.0493. The van der Waals surface area contributed by atoms with Crippen LogP contribution >= 0.6 is 0 Å². The molecule has 0 aromatic carbocycles. The van der Waals surface area contributed by atoms with Crippen LogP contribution in [0.2, 0.25) is 0 Å². The quantitative estimate of drug-likeness (QED) is 0.752. The van der Waals surface area contributed by atoms with Gasteiger partial charge in [-0.1, -0.05) is 27.7 Å². The van der Waals surface area contributed by atoms with Gasteiger partial charge in [-0.2, -0.15) is 0 Å². The maximum atomic E-state index is 11.6. The summed E-state index contributed by atoms with van der Waals surface area (Å²) >= 11 is 0. The molecule has 0 radical (unpaired) electrons. The first-order valence-corrected chi connectivity index (χ1v) is 5.65. The summed E-state index contributed by atoms with van der Waals surface area (Å²) in [6.45, 7) is 12.5. The van der Waals surface area contributed by atoms with E-state index in [9.17, 15) is 4.79 Å². The predicted octanol–water partition coefficient (Wildman–Crippen LogP) is 2.05. The fourth-order valence-corrected chi connectivity index (χ4v) is 1.98. The predicted molar refractivity (Wildman–Crippen MR) is 64.6 cm³/mol. The topological polar surface area (TPSA) is 55.1 Å². The molecule has 90 valence electrons. The fourth-order valence-electron chi connectivity index (χ4n) is 1.98. The second-order valence-electron chi connectivity index (χ2n) is 6.13. The smallest absolute Gasteiger partial charge is 0.237 e. The van der Waals surface area contributed by atoms with Crippen molar-refractivity contribution in [3.8, 4) is 0 Å². The number of nitrogens with one attached hydrogen (secondary N) is 1. The van der Waals surface area contributed by atoms with Gasteiger partial charge in [-0.25, -0.2) is 0 Å². The summed E-state index contributed by atoms with van der Waals surface area (Å²) < 4.78 is 0. The van der Waals surface area contributed by atoms with Crippen molar-refractivity contribution in [2.45, 2.75) is 66.0 Å². The van der Waals surface area contributed by atoms with Gasteiger partial charge < -0.3 is 11.1 Å². The average Bonchev–Trinajstić information content (AvgIpc) is 1.96. The molecule has 0 fully saturated rings. The molecule has 0 rings (SSSR count). The lowest BCUT2D eigenvalue weighted by atomic mass is 9.81. The number of rotatable bonds is 4. The molecule has 3 nitrogen and oxygen atoms in total. The lowest BCUT2D eigenvalue weighted by Crippen LogP contribution is -2.51. The van der Waals surface area contributed by atoms with E-state index in [0.717, 1.165) is 6.42 Å². The number of amides is 1. The van der Waals surface area contributed by atoms with Crippen molar-refractivity contribution in [2.24, 2.45) is 11.1 Å². The number of hydrogen-bond donors (Lipinski definition) is 2. The van der Waals surface area contributed by atoms with Crippen molar-refractivity contribution in [1.29, 1.82) is 0 Å². The second kappa shape index (κ2) is 4.97. The Labute approximate surface area is 93.8 Å². The molecule has 1 atom stereocenters. The molecule has 0 spiro atoms. The molecule has 0 bridgehead atoms.